The zero-order chi connectivity index (χ0) is 11.1. The van der Waals surface area contributed by atoms with Crippen molar-refractivity contribution >= 4 is 0 Å². The monoisotopic (exact) mass is 199 g/mol. The summed E-state index contributed by atoms with van der Waals surface area (Å²) in [6.45, 7) is 11.5. The fourth-order valence-electron chi connectivity index (χ4n) is 2.51. The van der Waals surface area contributed by atoms with Crippen LogP contribution in [-0.2, 0) is 0 Å². The molecular weight excluding hydrogens is 178 g/mol. The van der Waals surface area contributed by atoms with Crippen LogP contribution in [0.4, 0.5) is 0 Å². The first-order valence-electron chi connectivity index (χ1n) is 5.04. The molecule has 0 atom stereocenters. The van der Waals surface area contributed by atoms with Crippen LogP contribution in [0.3, 0.4) is 0 Å². The van der Waals surface area contributed by atoms with Crippen molar-refractivity contribution in [2.45, 2.75) is 51.6 Å². The normalized spacial score (nSPS) is 27.5. The predicted octanol–water partition coefficient (Wildman–Crippen LogP) is 2.72. The Bertz CT molecular complexity index is 228. The number of hydrogen-bond acceptors (Lipinski definition) is 3. The van der Waals surface area contributed by atoms with Gasteiger partial charge in [0.2, 0.25) is 0 Å². The van der Waals surface area contributed by atoms with Gasteiger partial charge in [-0.3, -0.25) is 0 Å². The topological polar surface area (TPSA) is 43.7 Å². The highest BCUT2D eigenvalue weighted by Gasteiger charge is 2.45. The maximum atomic E-state index is 9.99. The molecule has 1 aliphatic heterocycles. The first-order chi connectivity index (χ1) is 6.17. The number of nitrogens with zero attached hydrogens (tertiary/aromatic N) is 1. The van der Waals surface area contributed by atoms with E-state index in [2.05, 4.69) is 6.58 Å². The molecule has 0 aliphatic carbocycles. The highest BCUT2D eigenvalue weighted by Crippen LogP contribution is 2.41. The molecule has 1 heterocycles. The van der Waals surface area contributed by atoms with Gasteiger partial charge in [-0.05, 0) is 40.5 Å². The summed E-state index contributed by atoms with van der Waals surface area (Å²) in [5, 5.41) is 20.8. The second-order valence-corrected chi connectivity index (χ2v) is 5.53. The van der Waals surface area contributed by atoms with Crippen molar-refractivity contribution < 1.29 is 10.3 Å². The van der Waals surface area contributed by atoms with E-state index < -0.39 is 0 Å². The molecule has 1 rings (SSSR count). The van der Waals surface area contributed by atoms with Crippen LogP contribution >= 0.6 is 0 Å². The van der Waals surface area contributed by atoms with Gasteiger partial charge in [0, 0.05) is 17.0 Å². The molecule has 1 aliphatic rings. The van der Waals surface area contributed by atoms with E-state index in [1.54, 1.807) is 0 Å². The Morgan fingerprint density at radius 2 is 1.57 bits per heavy atom. The Morgan fingerprint density at radius 3 is 1.86 bits per heavy atom. The second kappa shape index (κ2) is 3.24. The van der Waals surface area contributed by atoms with E-state index in [-0.39, 0.29) is 22.8 Å². The molecule has 14 heavy (non-hydrogen) atoms. The maximum Gasteiger partial charge on any atom is 0.0883 e. The molecule has 82 valence electrons. The number of allylic oxidation sites excluding steroid dienone is 1. The molecule has 0 spiro atoms. The fraction of sp³-hybridized carbons (Fsp3) is 0.818. The van der Waals surface area contributed by atoms with Crippen molar-refractivity contribution in [3.05, 3.63) is 12.3 Å². The molecule has 0 saturated carbocycles. The maximum absolute atomic E-state index is 9.99. The molecule has 1 saturated heterocycles. The highest BCUT2D eigenvalue weighted by atomic mass is 16.5. The van der Waals surface area contributed by atoms with E-state index in [0.717, 1.165) is 12.8 Å². The molecule has 0 bridgehead atoms. The summed E-state index contributed by atoms with van der Waals surface area (Å²) >= 11 is 0. The van der Waals surface area contributed by atoms with Crippen molar-refractivity contribution in [1.82, 2.24) is 5.06 Å². The molecule has 3 heteroatoms. The zero-order valence-electron chi connectivity index (χ0n) is 9.54. The molecule has 2 N–H and O–H groups in total. The van der Waals surface area contributed by atoms with Crippen LogP contribution in [0.2, 0.25) is 0 Å². The van der Waals surface area contributed by atoms with Crippen LogP contribution in [-0.4, -0.2) is 26.5 Å². The Kier molecular flexibility index (Phi) is 2.67. The van der Waals surface area contributed by atoms with Gasteiger partial charge in [0.05, 0.1) is 5.76 Å². The van der Waals surface area contributed by atoms with Crippen molar-refractivity contribution in [3.63, 3.8) is 0 Å². The third kappa shape index (κ3) is 1.93. The number of aliphatic hydroxyl groups excluding tert-OH is 1. The quantitative estimate of drug-likeness (QED) is 0.638. The Hall–Kier alpha value is -0.540. The Balaban J connectivity index is 2.91. The van der Waals surface area contributed by atoms with E-state index in [0.29, 0.717) is 0 Å². The van der Waals surface area contributed by atoms with Gasteiger partial charge in [0.1, 0.15) is 0 Å². The molecule has 0 aromatic carbocycles. The largest absolute Gasteiger partial charge is 0.513 e. The highest BCUT2D eigenvalue weighted by molar-refractivity contribution is 5.03. The standard InChI is InChI=1S/C11H21NO2/c1-8(13)9-6-10(2,3)12(14)11(4,5)7-9/h9,13-14H,1,6-7H2,2-5H3. The summed E-state index contributed by atoms with van der Waals surface area (Å²) in [6, 6.07) is 0. The average molecular weight is 199 g/mol. The summed E-state index contributed by atoms with van der Waals surface area (Å²) in [5.74, 6) is 0.322. The van der Waals surface area contributed by atoms with Gasteiger partial charge in [0.25, 0.3) is 0 Å². The molecule has 0 aromatic rings. The molecule has 1 fully saturated rings. The average Bonchev–Trinajstić information content (AvgIpc) is 1.98. The number of rotatable bonds is 1. The van der Waals surface area contributed by atoms with Gasteiger partial charge in [-0.1, -0.05) is 6.58 Å². The van der Waals surface area contributed by atoms with Crippen molar-refractivity contribution in [2.24, 2.45) is 5.92 Å². The summed E-state index contributed by atoms with van der Waals surface area (Å²) in [5.41, 5.74) is -0.615. The van der Waals surface area contributed by atoms with Gasteiger partial charge < -0.3 is 10.3 Å². The molecule has 3 nitrogen and oxygen atoms in total. The van der Waals surface area contributed by atoms with Crippen LogP contribution in [0, 0.1) is 5.92 Å². The number of aliphatic hydroxyl groups is 1. The van der Waals surface area contributed by atoms with E-state index in [9.17, 15) is 10.3 Å². The van der Waals surface area contributed by atoms with Crippen molar-refractivity contribution in [3.8, 4) is 0 Å². The van der Waals surface area contributed by atoms with E-state index in [1.165, 1.54) is 5.06 Å². The third-order valence-electron chi connectivity index (χ3n) is 3.11. The third-order valence-corrected chi connectivity index (χ3v) is 3.11. The zero-order valence-corrected chi connectivity index (χ0v) is 9.54. The number of piperidine rings is 1. The lowest BCUT2D eigenvalue weighted by atomic mass is 9.75. The van der Waals surface area contributed by atoms with Crippen LogP contribution in [0.1, 0.15) is 40.5 Å². The summed E-state index contributed by atoms with van der Waals surface area (Å²) in [4.78, 5) is 0. The first-order valence-corrected chi connectivity index (χ1v) is 5.04. The summed E-state index contributed by atoms with van der Waals surface area (Å²) in [6.07, 6.45) is 1.48. The van der Waals surface area contributed by atoms with E-state index in [1.807, 2.05) is 27.7 Å². The van der Waals surface area contributed by atoms with Crippen molar-refractivity contribution in [2.75, 3.05) is 0 Å². The van der Waals surface area contributed by atoms with Gasteiger partial charge in [-0.15, -0.1) is 0 Å². The lowest BCUT2D eigenvalue weighted by molar-refractivity contribution is -0.249. The van der Waals surface area contributed by atoms with Gasteiger partial charge in [-0.2, -0.15) is 5.06 Å². The minimum Gasteiger partial charge on any atom is -0.513 e. The lowest BCUT2D eigenvalue weighted by Crippen LogP contribution is -2.59. The number of hydroxylamine groups is 2. The van der Waals surface area contributed by atoms with Crippen LogP contribution < -0.4 is 0 Å². The summed E-state index contributed by atoms with van der Waals surface area (Å²) in [7, 11) is 0. The van der Waals surface area contributed by atoms with Gasteiger partial charge in [0.15, 0.2) is 0 Å². The molecule has 0 unspecified atom stereocenters. The van der Waals surface area contributed by atoms with E-state index in [4.69, 9.17) is 0 Å². The Morgan fingerprint density at radius 1 is 1.21 bits per heavy atom. The minimum absolute atomic E-state index is 0.0865. The molecule has 0 radical (unpaired) electrons. The van der Waals surface area contributed by atoms with Crippen LogP contribution in [0.5, 0.6) is 0 Å². The fourth-order valence-corrected chi connectivity index (χ4v) is 2.51. The summed E-state index contributed by atoms with van der Waals surface area (Å²) < 4.78 is 0. The van der Waals surface area contributed by atoms with Crippen LogP contribution in [0.15, 0.2) is 12.3 Å². The molecule has 0 amide bonds. The van der Waals surface area contributed by atoms with Gasteiger partial charge >= 0.3 is 0 Å². The minimum atomic E-state index is -0.307. The first kappa shape index (κ1) is 11.5. The molecule has 0 aromatic heterocycles. The SMILES string of the molecule is C=C(O)C1CC(C)(C)N(O)C(C)(C)C1. The van der Waals surface area contributed by atoms with E-state index >= 15 is 0 Å². The predicted molar refractivity (Wildman–Crippen MR) is 56.3 cm³/mol. The Labute approximate surface area is 86.0 Å². The smallest absolute Gasteiger partial charge is 0.0883 e. The lowest BCUT2D eigenvalue weighted by Gasteiger charge is -2.51. The van der Waals surface area contributed by atoms with Gasteiger partial charge in [-0.25, -0.2) is 0 Å². The second-order valence-electron chi connectivity index (χ2n) is 5.53. The molecular formula is C11H21NO2. The van der Waals surface area contributed by atoms with Crippen LogP contribution in [0.25, 0.3) is 0 Å². The van der Waals surface area contributed by atoms with Crippen molar-refractivity contribution in [1.29, 1.82) is 0 Å². The number of hydrogen-bond donors (Lipinski definition) is 2.